The zero-order valence-electron chi connectivity index (χ0n) is 15.1. The first kappa shape index (κ1) is 20.2. The summed E-state index contributed by atoms with van der Waals surface area (Å²) in [6.07, 6.45) is -1.76. The lowest BCUT2D eigenvalue weighted by Crippen LogP contribution is -2.31. The predicted molar refractivity (Wildman–Crippen MR) is 95.7 cm³/mol. The first-order valence-corrected chi connectivity index (χ1v) is 8.38. The summed E-state index contributed by atoms with van der Waals surface area (Å²) in [5, 5.41) is 2.60. The van der Waals surface area contributed by atoms with Crippen LogP contribution in [0.4, 0.5) is 17.6 Å². The van der Waals surface area contributed by atoms with Crippen LogP contribution < -0.4 is 10.1 Å². The second kappa shape index (κ2) is 8.26. The van der Waals surface area contributed by atoms with E-state index in [0.717, 1.165) is 18.2 Å². The molecule has 0 radical (unpaired) electrons. The number of alkyl halides is 3. The molecule has 1 unspecified atom stereocenters. The number of hydrogen-bond acceptors (Lipinski definition) is 4. The molecule has 0 spiro atoms. The van der Waals surface area contributed by atoms with Crippen molar-refractivity contribution in [2.45, 2.75) is 12.2 Å². The number of carbonyl (C=O) groups is 1. The summed E-state index contributed by atoms with van der Waals surface area (Å²) < 4.78 is 58.0. The second-order valence-electron chi connectivity index (χ2n) is 5.96. The molecule has 0 bridgehead atoms. The molecule has 1 atom stereocenters. The molecule has 29 heavy (non-hydrogen) atoms. The van der Waals surface area contributed by atoms with Gasteiger partial charge >= 0.3 is 6.18 Å². The molecule has 2 aromatic heterocycles. The van der Waals surface area contributed by atoms with Gasteiger partial charge in [-0.1, -0.05) is 12.1 Å². The van der Waals surface area contributed by atoms with Crippen molar-refractivity contribution in [2.24, 2.45) is 0 Å². The van der Waals surface area contributed by atoms with Crippen LogP contribution >= 0.6 is 0 Å². The quantitative estimate of drug-likeness (QED) is 0.648. The van der Waals surface area contributed by atoms with E-state index in [-0.39, 0.29) is 22.7 Å². The minimum atomic E-state index is -4.52. The third kappa shape index (κ3) is 4.50. The smallest absolute Gasteiger partial charge is 0.416 e. The maximum atomic E-state index is 14.4. The molecular formula is C20H15F4N3O2. The maximum Gasteiger partial charge on any atom is 0.416 e. The Balaban J connectivity index is 2.00. The van der Waals surface area contributed by atoms with Crippen LogP contribution in [0.25, 0.3) is 0 Å². The molecule has 1 aromatic carbocycles. The summed E-state index contributed by atoms with van der Waals surface area (Å²) in [6.45, 7) is 0. The minimum absolute atomic E-state index is 0.0534. The van der Waals surface area contributed by atoms with Gasteiger partial charge < -0.3 is 10.1 Å². The average molecular weight is 405 g/mol. The third-order valence-corrected chi connectivity index (χ3v) is 4.12. The average Bonchev–Trinajstić information content (AvgIpc) is 2.72. The number of rotatable bonds is 5. The zero-order chi connectivity index (χ0) is 21.0. The standard InChI is InChI=1S/C20H15F4N3O2/c1-29-19-14(4-2-11-26-19)18(28)27-16(17-15(21)5-3-10-25-17)12-6-8-13(9-7-12)20(22,23)24/h2-11,16H,1H3,(H,27,28). The highest BCUT2D eigenvalue weighted by Crippen LogP contribution is 2.31. The van der Waals surface area contributed by atoms with Crippen molar-refractivity contribution in [2.75, 3.05) is 7.11 Å². The molecular weight excluding hydrogens is 390 g/mol. The predicted octanol–water partition coefficient (Wildman–Crippen LogP) is 4.16. The molecule has 0 aliphatic heterocycles. The number of halogens is 4. The number of carbonyl (C=O) groups excluding carboxylic acids is 1. The van der Waals surface area contributed by atoms with Crippen LogP contribution in [-0.4, -0.2) is 23.0 Å². The number of pyridine rings is 2. The monoisotopic (exact) mass is 405 g/mol. The molecule has 150 valence electrons. The summed E-state index contributed by atoms with van der Waals surface area (Å²) in [4.78, 5) is 20.6. The Kier molecular flexibility index (Phi) is 5.76. The molecule has 0 saturated heterocycles. The molecule has 9 heteroatoms. The van der Waals surface area contributed by atoms with Gasteiger partial charge in [0.05, 0.1) is 18.7 Å². The van der Waals surface area contributed by atoms with Crippen LogP contribution in [0.1, 0.15) is 33.2 Å². The fraction of sp³-hybridized carbons (Fsp3) is 0.150. The van der Waals surface area contributed by atoms with Gasteiger partial charge in [0.25, 0.3) is 5.91 Å². The number of aromatic nitrogens is 2. The summed E-state index contributed by atoms with van der Waals surface area (Å²) in [7, 11) is 1.34. The fourth-order valence-electron chi connectivity index (χ4n) is 2.72. The lowest BCUT2D eigenvalue weighted by Gasteiger charge is -2.20. The topological polar surface area (TPSA) is 64.1 Å². The normalized spacial score (nSPS) is 12.3. The van der Waals surface area contributed by atoms with E-state index < -0.39 is 29.5 Å². The molecule has 0 saturated carbocycles. The van der Waals surface area contributed by atoms with E-state index in [1.807, 2.05) is 0 Å². The van der Waals surface area contributed by atoms with Gasteiger partial charge in [0.1, 0.15) is 17.1 Å². The van der Waals surface area contributed by atoms with Gasteiger partial charge in [-0.2, -0.15) is 13.2 Å². The Bertz CT molecular complexity index is 1010. The summed E-state index contributed by atoms with van der Waals surface area (Å²) >= 11 is 0. The molecule has 1 N–H and O–H groups in total. The van der Waals surface area contributed by atoms with Gasteiger partial charge in [-0.05, 0) is 42.0 Å². The number of amides is 1. The molecule has 0 aliphatic rings. The van der Waals surface area contributed by atoms with E-state index in [9.17, 15) is 22.4 Å². The first-order chi connectivity index (χ1) is 13.8. The largest absolute Gasteiger partial charge is 0.480 e. The molecule has 0 fully saturated rings. The summed E-state index contributed by atoms with van der Waals surface area (Å²) in [5.74, 6) is -1.31. The van der Waals surface area contributed by atoms with Crippen LogP contribution in [0, 0.1) is 5.82 Å². The van der Waals surface area contributed by atoms with Crippen LogP contribution in [0.15, 0.2) is 60.9 Å². The second-order valence-corrected chi connectivity index (χ2v) is 5.96. The van der Waals surface area contributed by atoms with E-state index in [0.29, 0.717) is 0 Å². The number of methoxy groups -OCH3 is 1. The summed E-state index contributed by atoms with van der Waals surface area (Å²) in [6, 6.07) is 8.43. The number of hydrogen-bond donors (Lipinski definition) is 1. The van der Waals surface area contributed by atoms with E-state index in [4.69, 9.17) is 4.74 Å². The van der Waals surface area contributed by atoms with Crippen molar-refractivity contribution in [3.05, 3.63) is 89.1 Å². The summed E-state index contributed by atoms with van der Waals surface area (Å²) in [5.41, 5.74) is -0.680. The Morgan fingerprint density at radius 2 is 1.69 bits per heavy atom. The zero-order valence-corrected chi connectivity index (χ0v) is 15.1. The first-order valence-electron chi connectivity index (χ1n) is 8.38. The molecule has 5 nitrogen and oxygen atoms in total. The van der Waals surface area contributed by atoms with Crippen molar-refractivity contribution in [1.29, 1.82) is 0 Å². The highest BCUT2D eigenvalue weighted by atomic mass is 19.4. The Morgan fingerprint density at radius 1 is 1.03 bits per heavy atom. The van der Waals surface area contributed by atoms with Gasteiger partial charge in [0, 0.05) is 12.4 Å². The van der Waals surface area contributed by atoms with Gasteiger partial charge in [-0.25, -0.2) is 9.37 Å². The molecule has 3 aromatic rings. The van der Waals surface area contributed by atoms with Crippen molar-refractivity contribution in [3.63, 3.8) is 0 Å². The van der Waals surface area contributed by atoms with E-state index in [1.54, 1.807) is 0 Å². The minimum Gasteiger partial charge on any atom is -0.480 e. The lowest BCUT2D eigenvalue weighted by atomic mass is 10.0. The number of nitrogens with zero attached hydrogens (tertiary/aromatic N) is 2. The van der Waals surface area contributed by atoms with Gasteiger partial charge in [0.2, 0.25) is 5.88 Å². The van der Waals surface area contributed by atoms with Crippen LogP contribution in [0.3, 0.4) is 0 Å². The van der Waals surface area contributed by atoms with Crippen molar-refractivity contribution < 1.29 is 27.1 Å². The van der Waals surface area contributed by atoms with E-state index in [1.165, 1.54) is 49.8 Å². The molecule has 1 amide bonds. The van der Waals surface area contributed by atoms with E-state index in [2.05, 4.69) is 15.3 Å². The van der Waals surface area contributed by atoms with Crippen molar-refractivity contribution >= 4 is 5.91 Å². The number of nitrogens with one attached hydrogen (secondary N) is 1. The number of ether oxygens (including phenoxy) is 1. The van der Waals surface area contributed by atoms with Crippen molar-refractivity contribution in [1.82, 2.24) is 15.3 Å². The van der Waals surface area contributed by atoms with Gasteiger partial charge in [-0.15, -0.1) is 0 Å². The molecule has 3 rings (SSSR count). The molecule has 2 heterocycles. The van der Waals surface area contributed by atoms with Gasteiger partial charge in [0.15, 0.2) is 0 Å². The fourth-order valence-corrected chi connectivity index (χ4v) is 2.72. The van der Waals surface area contributed by atoms with Crippen LogP contribution in [0.5, 0.6) is 5.88 Å². The van der Waals surface area contributed by atoms with Crippen molar-refractivity contribution in [3.8, 4) is 5.88 Å². The van der Waals surface area contributed by atoms with Crippen LogP contribution in [-0.2, 0) is 6.18 Å². The lowest BCUT2D eigenvalue weighted by molar-refractivity contribution is -0.137. The maximum absolute atomic E-state index is 14.4. The highest BCUT2D eigenvalue weighted by molar-refractivity contribution is 5.96. The third-order valence-electron chi connectivity index (χ3n) is 4.12. The highest BCUT2D eigenvalue weighted by Gasteiger charge is 2.31. The Morgan fingerprint density at radius 3 is 2.31 bits per heavy atom. The Labute approximate surface area is 163 Å². The van der Waals surface area contributed by atoms with Crippen LogP contribution in [0.2, 0.25) is 0 Å². The Hall–Kier alpha value is -3.49. The molecule has 0 aliphatic carbocycles. The van der Waals surface area contributed by atoms with E-state index >= 15 is 0 Å². The van der Waals surface area contributed by atoms with Gasteiger partial charge in [-0.3, -0.25) is 9.78 Å². The number of benzene rings is 1. The SMILES string of the molecule is COc1ncccc1C(=O)NC(c1ccc(C(F)(F)F)cc1)c1ncccc1F.